The van der Waals surface area contributed by atoms with Crippen LogP contribution in [0.1, 0.15) is 16.7 Å². The van der Waals surface area contributed by atoms with Gasteiger partial charge in [0.25, 0.3) is 0 Å². The summed E-state index contributed by atoms with van der Waals surface area (Å²) < 4.78 is 10.4. The van der Waals surface area contributed by atoms with Crippen LogP contribution in [-0.2, 0) is 4.79 Å². The number of benzene rings is 2. The molecule has 0 aromatic heterocycles. The second kappa shape index (κ2) is 7.49. The number of nitrogens with one attached hydrogen (secondary N) is 1. The monoisotopic (exact) mass is 311 g/mol. The molecule has 0 aliphatic carbocycles. The number of hydrogen-bond acceptors (Lipinski definition) is 3. The van der Waals surface area contributed by atoms with E-state index in [9.17, 15) is 4.79 Å². The van der Waals surface area contributed by atoms with Gasteiger partial charge >= 0.3 is 0 Å². The number of ether oxygens (including phenoxy) is 2. The van der Waals surface area contributed by atoms with Gasteiger partial charge in [0.15, 0.2) is 11.5 Å². The number of anilines is 1. The molecule has 0 unspecified atom stereocenters. The SMILES string of the molecule is COc1ccc(C=CC(=O)Nc2ccc(C)c(C)c2)cc1OC. The molecule has 0 bridgehead atoms. The summed E-state index contributed by atoms with van der Waals surface area (Å²) >= 11 is 0. The number of aryl methyl sites for hydroxylation is 2. The Kier molecular flexibility index (Phi) is 5.41. The molecule has 4 nitrogen and oxygen atoms in total. The molecule has 0 spiro atoms. The summed E-state index contributed by atoms with van der Waals surface area (Å²) in [5, 5.41) is 2.85. The second-order valence-electron chi connectivity index (χ2n) is 5.24. The van der Waals surface area contributed by atoms with Crippen LogP contribution in [0.4, 0.5) is 5.69 Å². The maximum absolute atomic E-state index is 12.0. The zero-order valence-corrected chi connectivity index (χ0v) is 13.8. The Morgan fingerprint density at radius 2 is 1.70 bits per heavy atom. The lowest BCUT2D eigenvalue weighted by atomic mass is 10.1. The van der Waals surface area contributed by atoms with Crippen molar-refractivity contribution in [2.75, 3.05) is 19.5 Å². The van der Waals surface area contributed by atoms with Crippen molar-refractivity contribution < 1.29 is 14.3 Å². The van der Waals surface area contributed by atoms with Crippen molar-refractivity contribution in [1.29, 1.82) is 0 Å². The van der Waals surface area contributed by atoms with Crippen LogP contribution < -0.4 is 14.8 Å². The first-order valence-corrected chi connectivity index (χ1v) is 7.32. The molecule has 2 aromatic carbocycles. The van der Waals surface area contributed by atoms with Crippen LogP contribution in [-0.4, -0.2) is 20.1 Å². The van der Waals surface area contributed by atoms with Gasteiger partial charge in [0.05, 0.1) is 14.2 Å². The lowest BCUT2D eigenvalue weighted by molar-refractivity contribution is -0.111. The molecule has 2 rings (SSSR count). The normalized spacial score (nSPS) is 10.6. The first-order chi connectivity index (χ1) is 11.0. The average Bonchev–Trinajstić information content (AvgIpc) is 2.56. The molecule has 0 aliphatic heterocycles. The van der Waals surface area contributed by atoms with Crippen molar-refractivity contribution in [3.63, 3.8) is 0 Å². The number of carbonyl (C=O) groups is 1. The lowest BCUT2D eigenvalue weighted by Gasteiger charge is -2.08. The Bertz CT molecular complexity index is 735. The van der Waals surface area contributed by atoms with Crippen molar-refractivity contribution in [2.24, 2.45) is 0 Å². The predicted molar refractivity (Wildman–Crippen MR) is 93.1 cm³/mol. The van der Waals surface area contributed by atoms with Crippen LogP contribution in [0, 0.1) is 13.8 Å². The zero-order chi connectivity index (χ0) is 16.8. The van der Waals surface area contributed by atoms with Crippen LogP contribution >= 0.6 is 0 Å². The molecule has 1 N–H and O–H groups in total. The van der Waals surface area contributed by atoms with Gasteiger partial charge < -0.3 is 14.8 Å². The van der Waals surface area contributed by atoms with E-state index >= 15 is 0 Å². The smallest absolute Gasteiger partial charge is 0.248 e. The van der Waals surface area contributed by atoms with Crippen LogP contribution in [0.2, 0.25) is 0 Å². The highest BCUT2D eigenvalue weighted by Gasteiger charge is 2.04. The van der Waals surface area contributed by atoms with Gasteiger partial charge in [-0.25, -0.2) is 0 Å². The maximum atomic E-state index is 12.0. The summed E-state index contributed by atoms with van der Waals surface area (Å²) in [5.74, 6) is 1.11. The molecule has 0 atom stereocenters. The third-order valence-corrected chi connectivity index (χ3v) is 3.61. The first-order valence-electron chi connectivity index (χ1n) is 7.32. The topological polar surface area (TPSA) is 47.6 Å². The highest BCUT2D eigenvalue weighted by Crippen LogP contribution is 2.28. The molecule has 120 valence electrons. The van der Waals surface area contributed by atoms with Crippen LogP contribution in [0.15, 0.2) is 42.5 Å². The third kappa shape index (κ3) is 4.36. The van der Waals surface area contributed by atoms with Gasteiger partial charge in [-0.15, -0.1) is 0 Å². The maximum Gasteiger partial charge on any atom is 0.248 e. The minimum atomic E-state index is -0.178. The Hall–Kier alpha value is -2.75. The van der Waals surface area contributed by atoms with E-state index in [2.05, 4.69) is 5.32 Å². The van der Waals surface area contributed by atoms with E-state index < -0.39 is 0 Å². The van der Waals surface area contributed by atoms with Gasteiger partial charge in [0.1, 0.15) is 0 Å². The van der Waals surface area contributed by atoms with E-state index in [1.54, 1.807) is 26.4 Å². The van der Waals surface area contributed by atoms with Gasteiger partial charge in [0, 0.05) is 11.8 Å². The molecular formula is C19H21NO3. The molecule has 0 radical (unpaired) electrons. The van der Waals surface area contributed by atoms with Gasteiger partial charge in [-0.3, -0.25) is 4.79 Å². The number of hydrogen-bond donors (Lipinski definition) is 1. The van der Waals surface area contributed by atoms with Gasteiger partial charge in [-0.2, -0.15) is 0 Å². The van der Waals surface area contributed by atoms with Gasteiger partial charge in [0.2, 0.25) is 5.91 Å². The standard InChI is InChI=1S/C19H21NO3/c1-13-5-8-16(11-14(13)2)20-19(21)10-7-15-6-9-17(22-3)18(12-15)23-4/h5-12H,1-4H3,(H,20,21). The molecule has 0 saturated carbocycles. The number of methoxy groups -OCH3 is 2. The first kappa shape index (κ1) is 16.6. The van der Waals surface area contributed by atoms with Crippen LogP contribution in [0.5, 0.6) is 11.5 Å². The van der Waals surface area contributed by atoms with E-state index in [4.69, 9.17) is 9.47 Å². The number of rotatable bonds is 5. The molecule has 0 aliphatic rings. The van der Waals surface area contributed by atoms with E-state index in [1.807, 2.05) is 44.2 Å². The van der Waals surface area contributed by atoms with E-state index in [-0.39, 0.29) is 5.91 Å². The minimum absolute atomic E-state index is 0.178. The average molecular weight is 311 g/mol. The van der Waals surface area contributed by atoms with Crippen LogP contribution in [0.3, 0.4) is 0 Å². The van der Waals surface area contributed by atoms with Crippen molar-refractivity contribution in [1.82, 2.24) is 0 Å². The zero-order valence-electron chi connectivity index (χ0n) is 13.8. The summed E-state index contributed by atoms with van der Waals surface area (Å²) in [4.78, 5) is 12.0. The summed E-state index contributed by atoms with van der Waals surface area (Å²) in [6, 6.07) is 11.3. The quantitative estimate of drug-likeness (QED) is 0.850. The van der Waals surface area contributed by atoms with E-state index in [0.717, 1.165) is 16.8 Å². The Morgan fingerprint density at radius 3 is 2.35 bits per heavy atom. The Balaban J connectivity index is 2.07. The van der Waals surface area contributed by atoms with E-state index in [0.29, 0.717) is 11.5 Å². The largest absolute Gasteiger partial charge is 0.493 e. The molecule has 2 aromatic rings. The third-order valence-electron chi connectivity index (χ3n) is 3.61. The summed E-state index contributed by atoms with van der Waals surface area (Å²) in [6.45, 7) is 4.06. The van der Waals surface area contributed by atoms with Crippen molar-refractivity contribution >= 4 is 17.7 Å². The molecule has 0 heterocycles. The second-order valence-corrected chi connectivity index (χ2v) is 5.24. The summed E-state index contributed by atoms with van der Waals surface area (Å²) in [6.07, 6.45) is 3.23. The van der Waals surface area contributed by atoms with Crippen molar-refractivity contribution in [2.45, 2.75) is 13.8 Å². The molecule has 1 amide bonds. The summed E-state index contributed by atoms with van der Waals surface area (Å²) in [7, 11) is 3.17. The van der Waals surface area contributed by atoms with Gasteiger partial charge in [-0.05, 0) is 60.9 Å². The predicted octanol–water partition coefficient (Wildman–Crippen LogP) is 3.97. The molecule has 4 heteroatoms. The fourth-order valence-electron chi connectivity index (χ4n) is 2.13. The van der Waals surface area contributed by atoms with Crippen molar-refractivity contribution in [3.05, 3.63) is 59.2 Å². The minimum Gasteiger partial charge on any atom is -0.493 e. The molecular weight excluding hydrogens is 290 g/mol. The summed E-state index contributed by atoms with van der Waals surface area (Å²) in [5.41, 5.74) is 3.99. The van der Waals surface area contributed by atoms with Gasteiger partial charge in [-0.1, -0.05) is 12.1 Å². The Morgan fingerprint density at radius 1 is 0.957 bits per heavy atom. The fraction of sp³-hybridized carbons (Fsp3) is 0.211. The van der Waals surface area contributed by atoms with E-state index in [1.165, 1.54) is 11.6 Å². The van der Waals surface area contributed by atoms with Crippen molar-refractivity contribution in [3.8, 4) is 11.5 Å². The molecule has 0 saturated heterocycles. The number of carbonyl (C=O) groups excluding carboxylic acids is 1. The lowest BCUT2D eigenvalue weighted by Crippen LogP contribution is -2.07. The fourth-order valence-corrected chi connectivity index (χ4v) is 2.13. The van der Waals surface area contributed by atoms with Crippen LogP contribution in [0.25, 0.3) is 6.08 Å². The highest BCUT2D eigenvalue weighted by molar-refractivity contribution is 6.02. The number of amides is 1. The molecule has 23 heavy (non-hydrogen) atoms. The molecule has 0 fully saturated rings. The highest BCUT2D eigenvalue weighted by atomic mass is 16.5. The Labute approximate surface area is 136 Å².